The molecule has 1 aliphatic heterocycles. The molecule has 2 amide bonds. The number of carbonyl (C=O) groups is 4. The fourth-order valence-corrected chi connectivity index (χ4v) is 6.41. The third-order valence-electron chi connectivity index (χ3n) is 9.07. The fraction of sp³-hybridized carbons (Fsp3) is 0.535. The highest BCUT2D eigenvalue weighted by Gasteiger charge is 2.32. The molecule has 2 aromatic heterocycles. The van der Waals surface area contributed by atoms with Gasteiger partial charge in [-0.05, 0) is 111 Å². The molecule has 16 nitrogen and oxygen atoms in total. The number of nitrogens with zero attached hydrogens (tertiary/aromatic N) is 8. The van der Waals surface area contributed by atoms with Gasteiger partial charge in [-0.3, -0.25) is 4.79 Å². The number of esters is 2. The van der Waals surface area contributed by atoms with Gasteiger partial charge in [0.25, 0.3) is 5.91 Å². The smallest absolute Gasteiger partial charge is 0.410 e. The van der Waals surface area contributed by atoms with Gasteiger partial charge < -0.3 is 29.1 Å². The van der Waals surface area contributed by atoms with E-state index in [4.69, 9.17) is 14.2 Å². The molecule has 0 aliphatic carbocycles. The van der Waals surface area contributed by atoms with E-state index in [0.29, 0.717) is 47.6 Å². The van der Waals surface area contributed by atoms with Gasteiger partial charge in [0.2, 0.25) is 0 Å². The Hall–Kier alpha value is -5.80. The van der Waals surface area contributed by atoms with Crippen LogP contribution in [-0.2, 0) is 30.2 Å². The zero-order valence-electron chi connectivity index (χ0n) is 36.1. The fourth-order valence-electron chi connectivity index (χ4n) is 6.41. The highest BCUT2D eigenvalue weighted by molar-refractivity contribution is 5.97. The van der Waals surface area contributed by atoms with Crippen molar-refractivity contribution in [3.8, 4) is 28.3 Å². The number of phenols is 1. The average molecular weight is 815 g/mol. The molecule has 0 spiro atoms. The standard InChI is InChI=1S/C43H58N8O8/c1-27(2)20-35(38(54)57-41(3,4)5)50-25-33(44-46-50)29-22-30(24-31(23-29)37(53)48-16-18-49(19-17-48)40(56)59-43(9,10)11)34-26-51(47-45-34)36(39(55)58-42(6,7)8)21-28-12-14-32(52)15-13-28/h12-15,22-27,35-36,52H,16-21H2,1-11H3/t35-,36-/m0/s1. The van der Waals surface area contributed by atoms with E-state index in [9.17, 15) is 24.3 Å². The van der Waals surface area contributed by atoms with Crippen LogP contribution in [0.25, 0.3) is 22.5 Å². The summed E-state index contributed by atoms with van der Waals surface area (Å²) in [4.78, 5) is 57.3. The minimum Gasteiger partial charge on any atom is -0.508 e. The SMILES string of the molecule is CC(C)C[C@@H](C(=O)OC(C)(C)C)n1cc(-c2cc(C(=O)N3CCN(C(=O)OC(C)(C)C)CC3)cc(-c3cn([C@@H](Cc4ccc(O)cc4)C(=O)OC(C)(C)C)nn3)c2)nn1. The number of benzene rings is 2. The van der Waals surface area contributed by atoms with Crippen molar-refractivity contribution in [3.63, 3.8) is 0 Å². The highest BCUT2D eigenvalue weighted by Crippen LogP contribution is 2.31. The molecule has 3 heterocycles. The van der Waals surface area contributed by atoms with E-state index in [-0.39, 0.29) is 37.1 Å². The van der Waals surface area contributed by atoms with Gasteiger partial charge >= 0.3 is 18.0 Å². The van der Waals surface area contributed by atoms with Crippen LogP contribution in [0.2, 0.25) is 0 Å². The summed E-state index contributed by atoms with van der Waals surface area (Å²) in [6, 6.07) is 10.1. The summed E-state index contributed by atoms with van der Waals surface area (Å²) >= 11 is 0. The maximum Gasteiger partial charge on any atom is 0.410 e. The number of hydrogen-bond acceptors (Lipinski definition) is 12. The predicted molar refractivity (Wildman–Crippen MR) is 219 cm³/mol. The molecule has 1 N–H and O–H groups in total. The van der Waals surface area contributed by atoms with Gasteiger partial charge in [0.15, 0.2) is 12.1 Å². The lowest BCUT2D eigenvalue weighted by atomic mass is 10.0. The predicted octanol–water partition coefficient (Wildman–Crippen LogP) is 6.66. The second-order valence-corrected chi connectivity index (χ2v) is 18.3. The lowest BCUT2D eigenvalue weighted by molar-refractivity contribution is -0.160. The molecule has 0 saturated carbocycles. The second-order valence-electron chi connectivity index (χ2n) is 18.3. The monoisotopic (exact) mass is 814 g/mol. The molecule has 1 fully saturated rings. The highest BCUT2D eigenvalue weighted by atomic mass is 16.6. The van der Waals surface area contributed by atoms with Gasteiger partial charge in [0.05, 0.1) is 12.4 Å². The van der Waals surface area contributed by atoms with Gasteiger partial charge in [-0.25, -0.2) is 23.7 Å². The first kappa shape index (κ1) is 44.3. The van der Waals surface area contributed by atoms with Crippen LogP contribution in [0.5, 0.6) is 5.75 Å². The largest absolute Gasteiger partial charge is 0.508 e. The maximum atomic E-state index is 14.3. The van der Waals surface area contributed by atoms with Crippen molar-refractivity contribution < 1.29 is 38.5 Å². The van der Waals surface area contributed by atoms with Crippen LogP contribution < -0.4 is 0 Å². The Labute approximate surface area is 345 Å². The molecule has 0 radical (unpaired) electrons. The number of piperazine rings is 1. The van der Waals surface area contributed by atoms with E-state index in [1.165, 1.54) is 9.36 Å². The van der Waals surface area contributed by atoms with Crippen LogP contribution in [0.1, 0.15) is 111 Å². The third-order valence-corrected chi connectivity index (χ3v) is 9.07. The number of amides is 2. The molecule has 5 rings (SSSR count). The lowest BCUT2D eigenvalue weighted by Crippen LogP contribution is -2.51. The van der Waals surface area contributed by atoms with E-state index in [0.717, 1.165) is 5.56 Å². The third kappa shape index (κ3) is 12.4. The molecule has 2 aromatic carbocycles. The quantitative estimate of drug-likeness (QED) is 0.126. The molecule has 4 aromatic rings. The van der Waals surface area contributed by atoms with E-state index >= 15 is 0 Å². The number of hydrogen-bond donors (Lipinski definition) is 1. The number of phenolic OH excluding ortho intramolecular Hbond substituents is 1. The maximum absolute atomic E-state index is 14.3. The van der Waals surface area contributed by atoms with Crippen molar-refractivity contribution in [2.24, 2.45) is 5.92 Å². The Bertz CT molecular complexity index is 2110. The molecular weight excluding hydrogens is 757 g/mol. The molecule has 0 unspecified atom stereocenters. The Balaban J connectivity index is 1.53. The van der Waals surface area contributed by atoms with Crippen molar-refractivity contribution in [1.82, 2.24) is 39.8 Å². The minimum absolute atomic E-state index is 0.0982. The Morgan fingerprint density at radius 1 is 0.661 bits per heavy atom. The van der Waals surface area contributed by atoms with Crippen LogP contribution in [0.4, 0.5) is 4.79 Å². The number of aromatic hydroxyl groups is 1. The average Bonchev–Trinajstić information content (AvgIpc) is 3.82. The van der Waals surface area contributed by atoms with E-state index < -0.39 is 46.9 Å². The lowest BCUT2D eigenvalue weighted by Gasteiger charge is -2.35. The molecule has 318 valence electrons. The van der Waals surface area contributed by atoms with Crippen molar-refractivity contribution in [1.29, 1.82) is 0 Å². The van der Waals surface area contributed by atoms with Crippen molar-refractivity contribution in [2.75, 3.05) is 26.2 Å². The van der Waals surface area contributed by atoms with E-state index in [1.54, 1.807) is 85.4 Å². The summed E-state index contributed by atoms with van der Waals surface area (Å²) in [5.41, 5.74) is 0.774. The topological polar surface area (TPSA) is 184 Å². The molecule has 2 atom stereocenters. The Morgan fingerprint density at radius 3 is 1.59 bits per heavy atom. The van der Waals surface area contributed by atoms with Gasteiger partial charge in [-0.1, -0.05) is 36.4 Å². The first-order valence-electron chi connectivity index (χ1n) is 19.9. The number of rotatable bonds is 11. The van der Waals surface area contributed by atoms with Crippen LogP contribution in [0.15, 0.2) is 54.9 Å². The number of carbonyl (C=O) groups excluding carboxylic acids is 4. The molecule has 1 saturated heterocycles. The minimum atomic E-state index is -0.906. The number of aromatic nitrogens is 6. The normalized spacial score (nSPS) is 14.8. The van der Waals surface area contributed by atoms with E-state index in [1.807, 2.05) is 55.4 Å². The van der Waals surface area contributed by atoms with Gasteiger partial charge in [0.1, 0.15) is 33.9 Å². The summed E-state index contributed by atoms with van der Waals surface area (Å²) in [5, 5.41) is 27.5. The summed E-state index contributed by atoms with van der Waals surface area (Å²) in [6.07, 6.45) is 3.52. The molecule has 59 heavy (non-hydrogen) atoms. The van der Waals surface area contributed by atoms with Crippen LogP contribution in [-0.4, -0.2) is 112 Å². The molecule has 16 heteroatoms. The first-order chi connectivity index (χ1) is 27.4. The zero-order chi connectivity index (χ0) is 43.4. The van der Waals surface area contributed by atoms with Crippen molar-refractivity contribution in [3.05, 3.63) is 66.0 Å². The van der Waals surface area contributed by atoms with Gasteiger partial charge in [0, 0.05) is 49.3 Å². The van der Waals surface area contributed by atoms with Crippen LogP contribution >= 0.6 is 0 Å². The molecule has 1 aliphatic rings. The van der Waals surface area contributed by atoms with Crippen LogP contribution in [0.3, 0.4) is 0 Å². The number of ether oxygens (including phenoxy) is 3. The summed E-state index contributed by atoms with van der Waals surface area (Å²) in [5.74, 6) is -0.983. The summed E-state index contributed by atoms with van der Waals surface area (Å²) in [6.45, 7) is 21.4. The zero-order valence-corrected chi connectivity index (χ0v) is 36.1. The Morgan fingerprint density at radius 2 is 1.12 bits per heavy atom. The molecular formula is C43H58N8O8. The van der Waals surface area contributed by atoms with E-state index in [2.05, 4.69) is 20.6 Å². The van der Waals surface area contributed by atoms with Gasteiger partial charge in [-0.15, -0.1) is 10.2 Å². The second kappa shape index (κ2) is 17.6. The Kier molecular flexibility index (Phi) is 13.2. The van der Waals surface area contributed by atoms with Gasteiger partial charge in [-0.2, -0.15) is 0 Å². The van der Waals surface area contributed by atoms with Crippen molar-refractivity contribution >= 4 is 23.9 Å². The summed E-state index contributed by atoms with van der Waals surface area (Å²) < 4.78 is 20.0. The van der Waals surface area contributed by atoms with Crippen LogP contribution in [0, 0.1) is 5.92 Å². The summed E-state index contributed by atoms with van der Waals surface area (Å²) in [7, 11) is 0. The first-order valence-corrected chi connectivity index (χ1v) is 19.9. The van der Waals surface area contributed by atoms with Crippen molar-refractivity contribution in [2.45, 2.75) is 118 Å². The molecule has 0 bridgehead atoms.